The molecule has 11 nitrogen and oxygen atoms in total. The van der Waals surface area contributed by atoms with Crippen molar-refractivity contribution < 1.29 is 28.5 Å². The Kier molecular flexibility index (Phi) is 7.99. The van der Waals surface area contributed by atoms with Crippen LogP contribution in [0, 0.1) is 5.92 Å². The van der Waals surface area contributed by atoms with Gasteiger partial charge in [0.2, 0.25) is 5.75 Å². The summed E-state index contributed by atoms with van der Waals surface area (Å²) in [6.45, 7) is 5.30. The van der Waals surface area contributed by atoms with Crippen LogP contribution in [-0.2, 0) is 14.3 Å². The van der Waals surface area contributed by atoms with E-state index in [1.807, 2.05) is 18.2 Å². The van der Waals surface area contributed by atoms with Gasteiger partial charge in [0.25, 0.3) is 11.5 Å². The second-order valence-electron chi connectivity index (χ2n) is 9.49. The SMILES string of the molecule is CCOC(=O)C1=C(C)N=c2s/c(=C/[C@@H]3C(=O)N(c4ccccc4)N=C3C)c(=O)n2[C@H]1c1cc(OC)c(OC)c(OC)c1. The number of hydrazone groups is 1. The van der Waals surface area contributed by atoms with Crippen LogP contribution < -0.4 is 34.1 Å². The average molecular weight is 591 g/mol. The van der Waals surface area contributed by atoms with Gasteiger partial charge in [0, 0.05) is 0 Å². The summed E-state index contributed by atoms with van der Waals surface area (Å²) in [7, 11) is 4.47. The van der Waals surface area contributed by atoms with Gasteiger partial charge in [-0.15, -0.1) is 0 Å². The Labute approximate surface area is 245 Å². The number of carbonyl (C=O) groups is 2. The van der Waals surface area contributed by atoms with E-state index in [0.29, 0.717) is 49.2 Å². The number of ether oxygens (including phenoxy) is 4. The summed E-state index contributed by atoms with van der Waals surface area (Å²) in [6.07, 6.45) is 1.61. The molecule has 0 saturated carbocycles. The van der Waals surface area contributed by atoms with Crippen molar-refractivity contribution in [1.82, 2.24) is 4.57 Å². The number of rotatable bonds is 8. The van der Waals surface area contributed by atoms with Crippen molar-refractivity contribution in [1.29, 1.82) is 0 Å². The number of para-hydroxylation sites is 1. The molecular formula is C30H30N4O7S. The van der Waals surface area contributed by atoms with Crippen LogP contribution in [-0.4, -0.2) is 50.1 Å². The molecule has 0 bridgehead atoms. The zero-order valence-corrected chi connectivity index (χ0v) is 24.9. The average Bonchev–Trinajstić information content (AvgIpc) is 3.45. The summed E-state index contributed by atoms with van der Waals surface area (Å²) < 4.78 is 23.7. The first-order valence-corrected chi connectivity index (χ1v) is 14.0. The Morgan fingerprint density at radius 1 is 1.02 bits per heavy atom. The van der Waals surface area contributed by atoms with Crippen LogP contribution in [0.1, 0.15) is 32.4 Å². The molecule has 0 N–H and O–H groups in total. The maximum atomic E-state index is 14.1. The predicted octanol–water partition coefficient (Wildman–Crippen LogP) is 2.81. The van der Waals surface area contributed by atoms with E-state index in [1.165, 1.54) is 30.9 Å². The summed E-state index contributed by atoms with van der Waals surface area (Å²) in [4.78, 5) is 45.7. The predicted molar refractivity (Wildman–Crippen MR) is 158 cm³/mol. The van der Waals surface area contributed by atoms with E-state index in [0.717, 1.165) is 11.3 Å². The third-order valence-electron chi connectivity index (χ3n) is 7.02. The molecule has 0 saturated heterocycles. The van der Waals surface area contributed by atoms with Gasteiger partial charge in [0.15, 0.2) is 16.3 Å². The monoisotopic (exact) mass is 590 g/mol. The van der Waals surface area contributed by atoms with Gasteiger partial charge in [-0.05, 0) is 56.7 Å². The summed E-state index contributed by atoms with van der Waals surface area (Å²) in [6, 6.07) is 11.6. The van der Waals surface area contributed by atoms with Gasteiger partial charge in [-0.1, -0.05) is 29.5 Å². The summed E-state index contributed by atoms with van der Waals surface area (Å²) in [5, 5.41) is 5.79. The molecule has 1 aromatic heterocycles. The first kappa shape index (κ1) is 28.8. The number of fused-ring (bicyclic) bond motifs is 1. The molecule has 5 rings (SSSR count). The normalized spacial score (nSPS) is 18.4. The molecule has 0 unspecified atom stereocenters. The second kappa shape index (κ2) is 11.6. The van der Waals surface area contributed by atoms with Gasteiger partial charge in [0.1, 0.15) is 5.92 Å². The van der Waals surface area contributed by atoms with Crippen LogP contribution in [0.2, 0.25) is 0 Å². The van der Waals surface area contributed by atoms with E-state index in [4.69, 9.17) is 18.9 Å². The molecule has 3 aromatic rings. The third-order valence-corrected chi connectivity index (χ3v) is 8.02. The van der Waals surface area contributed by atoms with E-state index in [2.05, 4.69) is 10.1 Å². The van der Waals surface area contributed by atoms with Crippen molar-refractivity contribution in [3.05, 3.63) is 79.0 Å². The molecule has 0 spiro atoms. The van der Waals surface area contributed by atoms with E-state index < -0.39 is 23.5 Å². The number of methoxy groups -OCH3 is 3. The number of carbonyl (C=O) groups excluding carboxylic acids is 2. The van der Waals surface area contributed by atoms with E-state index in [9.17, 15) is 14.4 Å². The number of hydrogen-bond acceptors (Lipinski definition) is 10. The molecule has 0 fully saturated rings. The third kappa shape index (κ3) is 4.87. The van der Waals surface area contributed by atoms with Gasteiger partial charge in [-0.25, -0.2) is 9.79 Å². The van der Waals surface area contributed by atoms with Crippen LogP contribution in [0.25, 0.3) is 6.08 Å². The van der Waals surface area contributed by atoms with Gasteiger partial charge < -0.3 is 18.9 Å². The first-order valence-electron chi connectivity index (χ1n) is 13.2. The maximum absolute atomic E-state index is 14.1. The van der Waals surface area contributed by atoms with E-state index >= 15 is 0 Å². The molecule has 218 valence electrons. The highest BCUT2D eigenvalue weighted by Crippen LogP contribution is 2.42. The molecule has 0 aliphatic carbocycles. The van der Waals surface area contributed by atoms with Crippen molar-refractivity contribution in [2.75, 3.05) is 32.9 Å². The number of nitrogens with zero attached hydrogens (tertiary/aromatic N) is 4. The molecule has 2 aliphatic heterocycles. The highest BCUT2D eigenvalue weighted by molar-refractivity contribution is 7.07. The first-order chi connectivity index (χ1) is 20.2. The fourth-order valence-corrected chi connectivity index (χ4v) is 6.11. The standard InChI is InChI=1S/C30H30N4O7S/c1-7-41-29(37)24-17(3)31-30-33(25(24)18-13-21(38-4)26(40-6)22(14-18)39-5)28(36)23(42-30)15-20-16(2)32-34(27(20)35)19-11-9-8-10-12-19/h8-15,20,25H,7H2,1-6H3/b23-15+/t20-,25-/m0/s1. The number of benzene rings is 2. The van der Waals surface area contributed by atoms with Crippen molar-refractivity contribution in [2.45, 2.75) is 26.8 Å². The largest absolute Gasteiger partial charge is 0.493 e. The fraction of sp³-hybridized carbons (Fsp3) is 0.300. The van der Waals surface area contributed by atoms with Crippen molar-refractivity contribution in [3.8, 4) is 17.2 Å². The minimum Gasteiger partial charge on any atom is -0.493 e. The Morgan fingerprint density at radius 3 is 2.29 bits per heavy atom. The van der Waals surface area contributed by atoms with E-state index in [-0.39, 0.29) is 18.1 Å². The molecule has 2 aromatic carbocycles. The number of aromatic nitrogens is 1. The van der Waals surface area contributed by atoms with Gasteiger partial charge in [-0.3, -0.25) is 14.2 Å². The van der Waals surface area contributed by atoms with Crippen LogP contribution in [0.15, 0.2) is 68.6 Å². The van der Waals surface area contributed by atoms with E-state index in [1.54, 1.807) is 51.1 Å². The highest BCUT2D eigenvalue weighted by Gasteiger charge is 2.36. The van der Waals surface area contributed by atoms with Gasteiger partial charge >= 0.3 is 5.97 Å². The zero-order chi connectivity index (χ0) is 30.1. The maximum Gasteiger partial charge on any atom is 0.338 e. The Bertz CT molecular complexity index is 1780. The van der Waals surface area contributed by atoms with Crippen molar-refractivity contribution in [2.24, 2.45) is 16.0 Å². The summed E-state index contributed by atoms with van der Waals surface area (Å²) >= 11 is 1.14. The fourth-order valence-electron chi connectivity index (χ4n) is 5.06. The minimum absolute atomic E-state index is 0.141. The Hall–Kier alpha value is -4.71. The van der Waals surface area contributed by atoms with Crippen LogP contribution in [0.3, 0.4) is 0 Å². The molecule has 12 heteroatoms. The Morgan fingerprint density at radius 2 is 1.69 bits per heavy atom. The highest BCUT2D eigenvalue weighted by atomic mass is 32.1. The lowest BCUT2D eigenvalue weighted by molar-refractivity contribution is -0.139. The number of amides is 1. The molecule has 1 amide bonds. The Balaban J connectivity index is 1.68. The quantitative estimate of drug-likeness (QED) is 0.370. The summed E-state index contributed by atoms with van der Waals surface area (Å²) in [5.74, 6) is -0.523. The van der Waals surface area contributed by atoms with Gasteiger partial charge in [0.05, 0.1) is 61.2 Å². The molecule has 2 aliphatic rings. The van der Waals surface area contributed by atoms with Crippen molar-refractivity contribution >= 4 is 40.7 Å². The molecule has 0 radical (unpaired) electrons. The second-order valence-corrected chi connectivity index (χ2v) is 10.5. The number of allylic oxidation sites excluding steroid dienone is 1. The van der Waals surface area contributed by atoms with Gasteiger partial charge in [-0.2, -0.15) is 10.1 Å². The lowest BCUT2D eigenvalue weighted by Gasteiger charge is -2.26. The zero-order valence-electron chi connectivity index (χ0n) is 24.0. The number of anilines is 1. The smallest absolute Gasteiger partial charge is 0.338 e. The lowest BCUT2D eigenvalue weighted by atomic mass is 9.95. The van der Waals surface area contributed by atoms with Crippen molar-refractivity contribution in [3.63, 3.8) is 0 Å². The lowest BCUT2D eigenvalue weighted by Crippen LogP contribution is -2.40. The number of hydrogen-bond donors (Lipinski definition) is 0. The summed E-state index contributed by atoms with van der Waals surface area (Å²) in [5.41, 5.74) is 1.92. The van der Waals surface area contributed by atoms with Crippen LogP contribution in [0.4, 0.5) is 5.69 Å². The van der Waals surface area contributed by atoms with Crippen LogP contribution >= 0.6 is 11.3 Å². The molecular weight excluding hydrogens is 560 g/mol. The van der Waals surface area contributed by atoms with Crippen LogP contribution in [0.5, 0.6) is 17.2 Å². The number of thiazole rings is 1. The minimum atomic E-state index is -0.911. The molecule has 42 heavy (non-hydrogen) atoms. The molecule has 2 atom stereocenters. The topological polar surface area (TPSA) is 121 Å². The molecule has 3 heterocycles. The number of esters is 1.